The Morgan fingerprint density at radius 1 is 1.21 bits per heavy atom. The lowest BCUT2D eigenvalue weighted by Gasteiger charge is -2.27. The number of carbonyl (C=O) groups excluding carboxylic acids is 2. The van der Waals surface area contributed by atoms with E-state index in [0.29, 0.717) is 11.1 Å². The largest absolute Gasteiger partial charge is 0.466 e. The molecule has 184 valence electrons. The van der Waals surface area contributed by atoms with Gasteiger partial charge in [-0.3, -0.25) is 4.79 Å². The number of carbonyl (C=O) groups is 2. The Kier molecular flexibility index (Phi) is 7.18. The first-order chi connectivity index (χ1) is 15.8. The molecule has 1 amide bonds. The maximum Gasteiger partial charge on any atom is 0.408 e. The van der Waals surface area contributed by atoms with Crippen LogP contribution in [0.3, 0.4) is 0 Å². The molecule has 1 aromatic heterocycles. The third kappa shape index (κ3) is 6.03. The molecule has 0 unspecified atom stereocenters. The van der Waals surface area contributed by atoms with Crippen LogP contribution in [0.1, 0.15) is 46.1 Å². The quantitative estimate of drug-likeness (QED) is 0.605. The summed E-state index contributed by atoms with van der Waals surface area (Å²) in [5.74, 6) is -4.44. The van der Waals surface area contributed by atoms with Crippen LogP contribution in [-0.2, 0) is 20.7 Å². The minimum atomic E-state index is -3.36. The SMILES string of the molecule is CCOC(=O)[C@]1(Cc2cccc(-c3ncc(F)cn3)c2)C[C@@H](NC(=O)OC(C)(C)C)C(F)(F)C1. The van der Waals surface area contributed by atoms with Crippen LogP contribution in [0, 0.1) is 11.2 Å². The van der Waals surface area contributed by atoms with Gasteiger partial charge in [0.15, 0.2) is 11.6 Å². The number of hydrogen-bond acceptors (Lipinski definition) is 6. The van der Waals surface area contributed by atoms with E-state index in [-0.39, 0.29) is 25.3 Å². The number of halogens is 3. The van der Waals surface area contributed by atoms with Crippen LogP contribution in [0.25, 0.3) is 11.4 Å². The predicted molar refractivity (Wildman–Crippen MR) is 118 cm³/mol. The standard InChI is InChI=1S/C24H28F3N3O4/c1-5-33-20(31)23(11-18(24(26,27)14-23)30-21(32)34-22(2,3)4)10-15-7-6-8-16(9-15)19-28-12-17(25)13-29-19/h6-9,12-13,18H,5,10-11,14H2,1-4H3,(H,30,32)/t18-,23-/m1/s1. The number of rotatable bonds is 6. The van der Waals surface area contributed by atoms with Crippen LogP contribution >= 0.6 is 0 Å². The number of aromatic nitrogens is 2. The van der Waals surface area contributed by atoms with Crippen molar-refractivity contribution in [1.29, 1.82) is 0 Å². The average Bonchev–Trinajstić information content (AvgIpc) is 2.97. The first-order valence-electron chi connectivity index (χ1n) is 10.9. The van der Waals surface area contributed by atoms with E-state index in [2.05, 4.69) is 15.3 Å². The number of hydrogen-bond donors (Lipinski definition) is 1. The molecule has 0 radical (unpaired) electrons. The molecule has 34 heavy (non-hydrogen) atoms. The summed E-state index contributed by atoms with van der Waals surface area (Å²) in [4.78, 5) is 33.0. The monoisotopic (exact) mass is 479 g/mol. The van der Waals surface area contributed by atoms with Crippen molar-refractivity contribution in [3.05, 3.63) is 48.0 Å². The average molecular weight is 479 g/mol. The summed E-state index contributed by atoms with van der Waals surface area (Å²) in [6.07, 6.45) is -0.0964. The molecule has 3 rings (SSSR count). The number of nitrogens with zero attached hydrogens (tertiary/aromatic N) is 2. The Hall–Kier alpha value is -3.17. The highest BCUT2D eigenvalue weighted by Crippen LogP contribution is 2.50. The summed E-state index contributed by atoms with van der Waals surface area (Å²) in [6, 6.07) is 5.14. The number of alkyl halides is 2. The fourth-order valence-electron chi connectivity index (χ4n) is 4.11. The Morgan fingerprint density at radius 3 is 2.50 bits per heavy atom. The number of esters is 1. The van der Waals surface area contributed by atoms with Crippen LogP contribution in [0.2, 0.25) is 0 Å². The van der Waals surface area contributed by atoms with Gasteiger partial charge in [0.1, 0.15) is 5.60 Å². The number of amides is 1. The Bertz CT molecular complexity index is 1040. The van der Waals surface area contributed by atoms with Gasteiger partial charge in [-0.15, -0.1) is 0 Å². The van der Waals surface area contributed by atoms with Crippen molar-refractivity contribution in [2.24, 2.45) is 5.41 Å². The van der Waals surface area contributed by atoms with E-state index in [1.165, 1.54) is 0 Å². The van der Waals surface area contributed by atoms with E-state index >= 15 is 8.78 Å². The second kappa shape index (κ2) is 9.60. The van der Waals surface area contributed by atoms with Crippen molar-refractivity contribution in [2.75, 3.05) is 6.61 Å². The zero-order chi connectivity index (χ0) is 25.1. The second-order valence-corrected chi connectivity index (χ2v) is 9.44. The van der Waals surface area contributed by atoms with Gasteiger partial charge in [-0.25, -0.2) is 27.9 Å². The lowest BCUT2D eigenvalue weighted by molar-refractivity contribution is -0.156. The summed E-state index contributed by atoms with van der Waals surface area (Å²) in [7, 11) is 0. The molecule has 1 saturated carbocycles. The number of nitrogens with one attached hydrogen (secondary N) is 1. The summed E-state index contributed by atoms with van der Waals surface area (Å²) in [6.45, 7) is 6.50. The zero-order valence-electron chi connectivity index (χ0n) is 19.5. The summed E-state index contributed by atoms with van der Waals surface area (Å²) in [5, 5.41) is 2.23. The van der Waals surface area contributed by atoms with E-state index in [1.54, 1.807) is 52.0 Å². The minimum Gasteiger partial charge on any atom is -0.466 e. The smallest absolute Gasteiger partial charge is 0.408 e. The van der Waals surface area contributed by atoms with E-state index < -0.39 is 47.3 Å². The van der Waals surface area contributed by atoms with Gasteiger partial charge in [0.2, 0.25) is 0 Å². The van der Waals surface area contributed by atoms with E-state index in [4.69, 9.17) is 9.47 Å². The van der Waals surface area contributed by atoms with Crippen molar-refractivity contribution >= 4 is 12.1 Å². The lowest BCUT2D eigenvalue weighted by Crippen LogP contribution is -2.46. The second-order valence-electron chi connectivity index (χ2n) is 9.44. The third-order valence-electron chi connectivity index (χ3n) is 5.43. The molecule has 0 spiro atoms. The predicted octanol–water partition coefficient (Wildman–Crippen LogP) is 4.70. The van der Waals surface area contributed by atoms with Crippen molar-refractivity contribution in [2.45, 2.75) is 64.5 Å². The molecule has 1 aromatic carbocycles. The fraction of sp³-hybridized carbons (Fsp3) is 0.500. The first kappa shape index (κ1) is 25.5. The summed E-state index contributed by atoms with van der Waals surface area (Å²) < 4.78 is 53.6. The maximum atomic E-state index is 15.0. The molecule has 1 heterocycles. The van der Waals surface area contributed by atoms with E-state index in [0.717, 1.165) is 12.4 Å². The molecule has 1 fully saturated rings. The topological polar surface area (TPSA) is 90.4 Å². The van der Waals surface area contributed by atoms with Crippen LogP contribution < -0.4 is 5.32 Å². The van der Waals surface area contributed by atoms with Crippen LogP contribution in [0.5, 0.6) is 0 Å². The Morgan fingerprint density at radius 2 is 1.88 bits per heavy atom. The van der Waals surface area contributed by atoms with E-state index in [1.807, 2.05) is 0 Å². The van der Waals surface area contributed by atoms with Gasteiger partial charge >= 0.3 is 12.1 Å². The van der Waals surface area contributed by atoms with E-state index in [9.17, 15) is 14.0 Å². The lowest BCUT2D eigenvalue weighted by atomic mass is 9.79. The third-order valence-corrected chi connectivity index (χ3v) is 5.43. The van der Waals surface area contributed by atoms with Crippen molar-refractivity contribution < 1.29 is 32.2 Å². The highest BCUT2D eigenvalue weighted by molar-refractivity contribution is 5.79. The Labute approximate surface area is 196 Å². The normalized spacial score (nSPS) is 21.7. The number of ether oxygens (including phenoxy) is 2. The fourth-order valence-corrected chi connectivity index (χ4v) is 4.11. The number of alkyl carbamates (subject to hydrolysis) is 1. The summed E-state index contributed by atoms with van der Waals surface area (Å²) >= 11 is 0. The molecular weight excluding hydrogens is 451 g/mol. The van der Waals surface area contributed by atoms with Crippen molar-refractivity contribution in [3.63, 3.8) is 0 Å². The van der Waals surface area contributed by atoms with Crippen LogP contribution in [-0.4, -0.2) is 46.2 Å². The minimum absolute atomic E-state index is 0.0276. The van der Waals surface area contributed by atoms with Crippen molar-refractivity contribution in [1.82, 2.24) is 15.3 Å². The van der Waals surface area contributed by atoms with Gasteiger partial charge in [-0.1, -0.05) is 18.2 Å². The van der Waals surface area contributed by atoms with Gasteiger partial charge in [0.25, 0.3) is 5.92 Å². The molecule has 2 atom stereocenters. The van der Waals surface area contributed by atoms with Gasteiger partial charge in [-0.2, -0.15) is 0 Å². The van der Waals surface area contributed by atoms with Gasteiger partial charge in [0.05, 0.1) is 30.5 Å². The van der Waals surface area contributed by atoms with Crippen molar-refractivity contribution in [3.8, 4) is 11.4 Å². The highest BCUT2D eigenvalue weighted by atomic mass is 19.3. The molecule has 2 aromatic rings. The molecule has 1 N–H and O–H groups in total. The summed E-state index contributed by atoms with van der Waals surface area (Å²) in [5.41, 5.74) is -1.31. The highest BCUT2D eigenvalue weighted by Gasteiger charge is 2.61. The molecule has 0 saturated heterocycles. The molecule has 0 aliphatic heterocycles. The molecule has 0 bridgehead atoms. The van der Waals surface area contributed by atoms with Gasteiger partial charge in [-0.05, 0) is 52.2 Å². The van der Waals surface area contributed by atoms with Gasteiger partial charge in [0, 0.05) is 12.0 Å². The Balaban J connectivity index is 1.89. The van der Waals surface area contributed by atoms with Crippen LogP contribution in [0.15, 0.2) is 36.7 Å². The zero-order valence-corrected chi connectivity index (χ0v) is 19.5. The van der Waals surface area contributed by atoms with Crippen LogP contribution in [0.4, 0.5) is 18.0 Å². The van der Waals surface area contributed by atoms with Gasteiger partial charge < -0.3 is 14.8 Å². The first-order valence-corrected chi connectivity index (χ1v) is 10.9. The molecule has 7 nitrogen and oxygen atoms in total. The maximum absolute atomic E-state index is 15.0. The number of benzene rings is 1. The molecule has 10 heteroatoms. The molecule has 1 aliphatic rings. The molecular formula is C24H28F3N3O4. The molecule has 1 aliphatic carbocycles.